The summed E-state index contributed by atoms with van der Waals surface area (Å²) in [6, 6.07) is 66.5. The average Bonchev–Trinajstić information content (AvgIpc) is 3.97. The third-order valence-corrected chi connectivity index (χ3v) is 14.0. The van der Waals surface area contributed by atoms with Crippen LogP contribution in [0, 0.1) is 0 Å². The van der Waals surface area contributed by atoms with Crippen LogP contribution in [0.25, 0.3) is 65.8 Å². The Morgan fingerprint density at radius 1 is 0.385 bits per heavy atom. The predicted molar refractivity (Wildman–Crippen MR) is 274 cm³/mol. The summed E-state index contributed by atoms with van der Waals surface area (Å²) in [5.74, 6) is 0.875. The van der Waals surface area contributed by atoms with Gasteiger partial charge < -0.3 is 18.6 Å². The van der Waals surface area contributed by atoms with Gasteiger partial charge in [-0.25, -0.2) is 0 Å². The maximum Gasteiger partial charge on any atom is 0.159 e. The molecule has 0 fully saturated rings. The topological polar surface area (TPSA) is 32.8 Å². The maximum atomic E-state index is 6.68. The molecule has 0 aliphatic heterocycles. The molecule has 1 aliphatic carbocycles. The summed E-state index contributed by atoms with van der Waals surface area (Å²) >= 11 is 0. The van der Waals surface area contributed by atoms with Gasteiger partial charge in [-0.15, -0.1) is 0 Å². The van der Waals surface area contributed by atoms with E-state index in [0.717, 1.165) is 78.0 Å². The number of anilines is 6. The largest absolute Gasteiger partial charge is 0.454 e. The summed E-state index contributed by atoms with van der Waals surface area (Å²) < 4.78 is 13.3. The number of hydrogen-bond acceptors (Lipinski definition) is 4. The van der Waals surface area contributed by atoms with E-state index in [4.69, 9.17) is 8.83 Å². The zero-order valence-electron chi connectivity index (χ0n) is 37.7. The van der Waals surface area contributed by atoms with E-state index < -0.39 is 0 Å². The van der Waals surface area contributed by atoms with Crippen LogP contribution >= 0.6 is 0 Å². The molecule has 2 aromatic heterocycles. The zero-order valence-corrected chi connectivity index (χ0v) is 37.7. The minimum Gasteiger partial charge on any atom is -0.454 e. The standard InChI is InChI=1S/C61H50N2O2/c1-37(2)39-21-26-43(27-22-39)62(55-17-11-15-50-48-13-7-9-19-57(48)64-59(50)55)45-30-25-41-34-52-47-32-31-46(36-54(47)61(5,6)53(52)35-42(41)33-45)63(44-28-23-40(24-29-44)38(3)4)56-18-12-16-51-49-14-8-10-20-58(49)65-60(51)56/h7-38H,1-6H3. The monoisotopic (exact) mass is 842 g/mol. The van der Waals surface area contributed by atoms with Crippen LogP contribution in [0.4, 0.5) is 34.1 Å². The normalized spacial score (nSPS) is 13.2. The Balaban J connectivity index is 0.990. The van der Waals surface area contributed by atoms with Gasteiger partial charge >= 0.3 is 0 Å². The first kappa shape index (κ1) is 39.1. The van der Waals surface area contributed by atoms with Gasteiger partial charge in [0.25, 0.3) is 0 Å². The van der Waals surface area contributed by atoms with Gasteiger partial charge in [0.05, 0.1) is 11.4 Å². The Hall–Kier alpha value is -7.56. The molecular formula is C61H50N2O2. The quantitative estimate of drug-likeness (QED) is 0.153. The van der Waals surface area contributed by atoms with Gasteiger partial charge in [0.1, 0.15) is 11.2 Å². The van der Waals surface area contributed by atoms with E-state index in [2.05, 4.69) is 221 Å². The van der Waals surface area contributed by atoms with Crippen LogP contribution in [0.5, 0.6) is 0 Å². The number of rotatable bonds is 8. The first-order valence-corrected chi connectivity index (χ1v) is 23.0. The Labute approximate surface area is 380 Å². The molecule has 0 atom stereocenters. The molecule has 0 spiro atoms. The molecule has 0 saturated carbocycles. The van der Waals surface area contributed by atoms with Crippen molar-refractivity contribution < 1.29 is 8.83 Å². The molecule has 9 aromatic carbocycles. The lowest BCUT2D eigenvalue weighted by atomic mass is 9.81. The van der Waals surface area contributed by atoms with Crippen molar-refractivity contribution in [2.75, 3.05) is 9.80 Å². The van der Waals surface area contributed by atoms with Gasteiger partial charge in [-0.2, -0.15) is 0 Å². The molecule has 0 bridgehead atoms. The number of para-hydroxylation sites is 4. The third kappa shape index (κ3) is 6.19. The van der Waals surface area contributed by atoms with Crippen LogP contribution in [-0.2, 0) is 5.41 Å². The predicted octanol–water partition coefficient (Wildman–Crippen LogP) is 18.1. The van der Waals surface area contributed by atoms with Crippen molar-refractivity contribution in [3.8, 4) is 11.1 Å². The summed E-state index contributed by atoms with van der Waals surface area (Å²) in [7, 11) is 0. The second-order valence-corrected chi connectivity index (χ2v) is 19.0. The Morgan fingerprint density at radius 3 is 1.38 bits per heavy atom. The SMILES string of the molecule is CC(C)c1ccc(N(c2ccc3c(c2)C(C)(C)c2cc4cc(N(c5ccc(C(C)C)cc5)c5cccc6c5oc5ccccc56)ccc4cc2-3)c2cccc3c2oc2ccccc23)cc1. The van der Waals surface area contributed by atoms with Crippen molar-refractivity contribution in [2.45, 2.75) is 58.8 Å². The van der Waals surface area contributed by atoms with Gasteiger partial charge in [-0.1, -0.05) is 139 Å². The van der Waals surface area contributed by atoms with Crippen LogP contribution in [-0.4, -0.2) is 0 Å². The van der Waals surface area contributed by atoms with Crippen molar-refractivity contribution >= 4 is 88.8 Å². The van der Waals surface area contributed by atoms with E-state index in [0.29, 0.717) is 11.8 Å². The molecule has 0 radical (unpaired) electrons. The van der Waals surface area contributed by atoms with E-state index in [-0.39, 0.29) is 5.41 Å². The van der Waals surface area contributed by atoms with E-state index in [1.807, 2.05) is 12.1 Å². The molecule has 316 valence electrons. The summed E-state index contributed by atoms with van der Waals surface area (Å²) in [5.41, 5.74) is 17.5. The lowest BCUT2D eigenvalue weighted by Gasteiger charge is -2.28. The van der Waals surface area contributed by atoms with Crippen LogP contribution in [0.2, 0.25) is 0 Å². The molecule has 0 unspecified atom stereocenters. The lowest BCUT2D eigenvalue weighted by Crippen LogP contribution is -2.16. The molecule has 0 N–H and O–H groups in total. The highest BCUT2D eigenvalue weighted by Crippen LogP contribution is 2.53. The van der Waals surface area contributed by atoms with Crippen molar-refractivity contribution in [3.63, 3.8) is 0 Å². The summed E-state index contributed by atoms with van der Waals surface area (Å²) in [5, 5.41) is 6.88. The third-order valence-electron chi connectivity index (χ3n) is 14.0. The Bertz CT molecular complexity index is 3640. The van der Waals surface area contributed by atoms with Gasteiger partial charge in [0.2, 0.25) is 0 Å². The maximum absolute atomic E-state index is 6.68. The molecule has 2 heterocycles. The van der Waals surface area contributed by atoms with Crippen molar-refractivity contribution in [1.82, 2.24) is 0 Å². The first-order chi connectivity index (χ1) is 31.6. The molecule has 11 aromatic rings. The first-order valence-electron chi connectivity index (χ1n) is 23.0. The zero-order chi connectivity index (χ0) is 44.1. The molecular weight excluding hydrogens is 793 g/mol. The fourth-order valence-corrected chi connectivity index (χ4v) is 10.4. The average molecular weight is 843 g/mol. The second kappa shape index (κ2) is 14.8. The van der Waals surface area contributed by atoms with E-state index >= 15 is 0 Å². The van der Waals surface area contributed by atoms with Crippen molar-refractivity contribution in [2.24, 2.45) is 0 Å². The fraction of sp³-hybridized carbons (Fsp3) is 0.148. The molecule has 12 rings (SSSR count). The van der Waals surface area contributed by atoms with Crippen molar-refractivity contribution in [1.29, 1.82) is 0 Å². The van der Waals surface area contributed by atoms with E-state index in [1.54, 1.807) is 0 Å². The Morgan fingerprint density at radius 2 is 0.846 bits per heavy atom. The van der Waals surface area contributed by atoms with Crippen LogP contribution < -0.4 is 9.80 Å². The highest BCUT2D eigenvalue weighted by molar-refractivity contribution is 6.12. The van der Waals surface area contributed by atoms with Crippen molar-refractivity contribution in [3.05, 3.63) is 204 Å². The van der Waals surface area contributed by atoms with Gasteiger partial charge in [0.15, 0.2) is 11.2 Å². The number of hydrogen-bond donors (Lipinski definition) is 0. The summed E-state index contributed by atoms with van der Waals surface area (Å²) in [6.07, 6.45) is 0. The van der Waals surface area contributed by atoms with Gasteiger partial charge in [-0.05, 0) is 141 Å². The lowest BCUT2D eigenvalue weighted by molar-refractivity contribution is 0.661. The number of nitrogens with zero attached hydrogens (tertiary/aromatic N) is 2. The number of fused-ring (bicyclic) bond motifs is 10. The number of benzene rings is 9. The molecule has 65 heavy (non-hydrogen) atoms. The summed E-state index contributed by atoms with van der Waals surface area (Å²) in [4.78, 5) is 4.74. The minimum atomic E-state index is -0.268. The van der Waals surface area contributed by atoms with E-state index in [9.17, 15) is 0 Å². The van der Waals surface area contributed by atoms with E-state index in [1.165, 1.54) is 44.2 Å². The van der Waals surface area contributed by atoms with Gasteiger partial charge in [0, 0.05) is 49.7 Å². The molecule has 0 amide bonds. The second-order valence-electron chi connectivity index (χ2n) is 19.0. The molecule has 1 aliphatic rings. The molecule has 4 nitrogen and oxygen atoms in total. The van der Waals surface area contributed by atoms with Crippen LogP contribution in [0.1, 0.15) is 75.6 Å². The van der Waals surface area contributed by atoms with Crippen LogP contribution in [0.3, 0.4) is 0 Å². The highest BCUT2D eigenvalue weighted by Gasteiger charge is 2.37. The highest BCUT2D eigenvalue weighted by atomic mass is 16.3. The van der Waals surface area contributed by atoms with Crippen LogP contribution in [0.15, 0.2) is 191 Å². The fourth-order valence-electron chi connectivity index (χ4n) is 10.4. The summed E-state index contributed by atoms with van der Waals surface area (Å²) in [6.45, 7) is 13.7. The minimum absolute atomic E-state index is 0.268. The Kier molecular flexibility index (Phi) is 8.87. The molecule has 4 heteroatoms. The molecule has 0 saturated heterocycles. The smallest absolute Gasteiger partial charge is 0.159 e. The van der Waals surface area contributed by atoms with Gasteiger partial charge in [-0.3, -0.25) is 0 Å². The number of furan rings is 2.